The number of hydrogen-bond acceptors (Lipinski definition) is 3. The molecule has 0 aliphatic rings. The van der Waals surface area contributed by atoms with E-state index >= 15 is 0 Å². The van der Waals surface area contributed by atoms with E-state index in [-0.39, 0.29) is 5.91 Å². The third-order valence-corrected chi connectivity index (χ3v) is 2.95. The normalized spacial score (nSPS) is 10.2. The van der Waals surface area contributed by atoms with Crippen LogP contribution in [0.4, 0.5) is 5.69 Å². The molecule has 20 heavy (non-hydrogen) atoms. The molecule has 0 radical (unpaired) electrons. The summed E-state index contributed by atoms with van der Waals surface area (Å²) < 4.78 is 0. The summed E-state index contributed by atoms with van der Waals surface area (Å²) in [5.41, 5.74) is 2.44. The first-order chi connectivity index (χ1) is 9.76. The van der Waals surface area contributed by atoms with Crippen molar-refractivity contribution in [2.75, 3.05) is 5.32 Å². The van der Waals surface area contributed by atoms with Crippen molar-refractivity contribution in [3.05, 3.63) is 59.8 Å². The maximum atomic E-state index is 12.1. The number of nitrogens with zero attached hydrogens (tertiary/aromatic N) is 2. The summed E-state index contributed by atoms with van der Waals surface area (Å²) in [6, 6.07) is 14.1. The number of hydrogen-bond donors (Lipinski definition) is 2. The van der Waals surface area contributed by atoms with Crippen LogP contribution in [0.3, 0.4) is 0 Å². The molecule has 0 saturated heterocycles. The van der Waals surface area contributed by atoms with Crippen LogP contribution in [0.25, 0.3) is 10.9 Å². The van der Waals surface area contributed by atoms with Gasteiger partial charge in [-0.15, -0.1) is 0 Å². The Labute approximate surface area is 114 Å². The minimum atomic E-state index is -0.249. The third kappa shape index (κ3) is 2.22. The lowest BCUT2D eigenvalue weighted by Crippen LogP contribution is -2.11. The Balaban J connectivity index is 1.86. The Morgan fingerprint density at radius 2 is 2.15 bits per heavy atom. The number of benzene rings is 2. The van der Waals surface area contributed by atoms with Gasteiger partial charge in [-0.3, -0.25) is 9.89 Å². The van der Waals surface area contributed by atoms with Gasteiger partial charge in [-0.05, 0) is 36.4 Å². The Morgan fingerprint density at radius 1 is 1.25 bits per heavy atom. The lowest BCUT2D eigenvalue weighted by molar-refractivity contribution is 0.102. The van der Waals surface area contributed by atoms with Crippen molar-refractivity contribution in [1.82, 2.24) is 10.2 Å². The smallest absolute Gasteiger partial charge is 0.255 e. The van der Waals surface area contributed by atoms with Gasteiger partial charge in [-0.2, -0.15) is 10.4 Å². The number of rotatable bonds is 2. The second-order valence-corrected chi connectivity index (χ2v) is 4.32. The molecule has 0 saturated carbocycles. The average molecular weight is 262 g/mol. The fourth-order valence-corrected chi connectivity index (χ4v) is 1.95. The van der Waals surface area contributed by atoms with Gasteiger partial charge in [0.05, 0.1) is 23.3 Å². The highest BCUT2D eigenvalue weighted by Crippen LogP contribution is 2.17. The van der Waals surface area contributed by atoms with Crippen LogP contribution in [0.5, 0.6) is 0 Å². The van der Waals surface area contributed by atoms with Crippen molar-refractivity contribution in [2.24, 2.45) is 0 Å². The molecule has 2 N–H and O–H groups in total. The van der Waals surface area contributed by atoms with Gasteiger partial charge in [-0.25, -0.2) is 0 Å². The Morgan fingerprint density at radius 3 is 3.00 bits per heavy atom. The Hall–Kier alpha value is -3.13. The second kappa shape index (κ2) is 4.86. The number of anilines is 1. The SMILES string of the molecule is N#Cc1cccc(C(=O)Nc2ccc3cn[nH]c3c2)c1. The molecule has 5 nitrogen and oxygen atoms in total. The molecule has 1 heterocycles. The molecule has 5 heteroatoms. The zero-order chi connectivity index (χ0) is 13.9. The van der Waals surface area contributed by atoms with Gasteiger partial charge in [0.2, 0.25) is 0 Å². The van der Waals surface area contributed by atoms with E-state index in [4.69, 9.17) is 5.26 Å². The molecule has 0 fully saturated rings. The molecule has 2 aromatic carbocycles. The van der Waals surface area contributed by atoms with E-state index in [1.54, 1.807) is 30.5 Å². The van der Waals surface area contributed by atoms with Crippen LogP contribution >= 0.6 is 0 Å². The lowest BCUT2D eigenvalue weighted by atomic mass is 10.1. The van der Waals surface area contributed by atoms with Crippen molar-refractivity contribution in [2.45, 2.75) is 0 Å². The topological polar surface area (TPSA) is 81.6 Å². The number of carbonyl (C=O) groups excluding carboxylic acids is 1. The molecule has 0 unspecified atom stereocenters. The summed E-state index contributed by atoms with van der Waals surface area (Å²) in [6.45, 7) is 0. The maximum Gasteiger partial charge on any atom is 0.255 e. The highest BCUT2D eigenvalue weighted by Gasteiger charge is 2.07. The van der Waals surface area contributed by atoms with Gasteiger partial charge in [0.15, 0.2) is 0 Å². The van der Waals surface area contributed by atoms with Crippen LogP contribution in [-0.2, 0) is 0 Å². The Bertz CT molecular complexity index is 829. The van der Waals surface area contributed by atoms with Crippen LogP contribution in [0.15, 0.2) is 48.7 Å². The first-order valence-electron chi connectivity index (χ1n) is 6.01. The van der Waals surface area contributed by atoms with Gasteiger partial charge in [0.1, 0.15) is 0 Å². The van der Waals surface area contributed by atoms with E-state index in [1.807, 2.05) is 24.3 Å². The molecule has 0 spiro atoms. The van der Waals surface area contributed by atoms with Crippen LogP contribution in [0.2, 0.25) is 0 Å². The molecular formula is C15H10N4O. The van der Waals surface area contributed by atoms with Crippen LogP contribution in [0, 0.1) is 11.3 Å². The molecule has 0 aliphatic heterocycles. The van der Waals surface area contributed by atoms with E-state index in [2.05, 4.69) is 15.5 Å². The summed E-state index contributed by atoms with van der Waals surface area (Å²) >= 11 is 0. The number of aromatic nitrogens is 2. The van der Waals surface area contributed by atoms with Gasteiger partial charge < -0.3 is 5.32 Å². The molecule has 1 aromatic heterocycles. The summed E-state index contributed by atoms with van der Waals surface area (Å²) in [5.74, 6) is -0.249. The number of nitriles is 1. The first-order valence-corrected chi connectivity index (χ1v) is 6.01. The highest BCUT2D eigenvalue weighted by atomic mass is 16.1. The highest BCUT2D eigenvalue weighted by molar-refractivity contribution is 6.05. The predicted octanol–water partition coefficient (Wildman–Crippen LogP) is 2.69. The molecule has 0 aliphatic carbocycles. The number of H-pyrrole nitrogens is 1. The average Bonchev–Trinajstić information content (AvgIpc) is 2.95. The summed E-state index contributed by atoms with van der Waals surface area (Å²) in [7, 11) is 0. The fourth-order valence-electron chi connectivity index (χ4n) is 1.95. The second-order valence-electron chi connectivity index (χ2n) is 4.32. The van der Waals surface area contributed by atoms with E-state index in [9.17, 15) is 4.79 Å². The van der Waals surface area contributed by atoms with Crippen molar-refractivity contribution in [1.29, 1.82) is 5.26 Å². The first kappa shape index (κ1) is 11.9. The summed E-state index contributed by atoms with van der Waals surface area (Å²) in [5, 5.41) is 19.4. The van der Waals surface area contributed by atoms with Crippen LogP contribution in [0.1, 0.15) is 15.9 Å². The number of aromatic amines is 1. The largest absolute Gasteiger partial charge is 0.322 e. The quantitative estimate of drug-likeness (QED) is 0.745. The number of amides is 1. The zero-order valence-electron chi connectivity index (χ0n) is 10.4. The van der Waals surface area contributed by atoms with E-state index in [0.29, 0.717) is 16.8 Å². The molecule has 3 aromatic rings. The third-order valence-electron chi connectivity index (χ3n) is 2.95. The summed E-state index contributed by atoms with van der Waals surface area (Å²) in [6.07, 6.45) is 1.72. The van der Waals surface area contributed by atoms with E-state index in [1.165, 1.54) is 0 Å². The van der Waals surface area contributed by atoms with Gasteiger partial charge in [0, 0.05) is 16.6 Å². The standard InChI is InChI=1S/C15H10N4O/c16-8-10-2-1-3-11(6-10)15(20)18-13-5-4-12-9-17-19-14(12)7-13/h1-7,9H,(H,17,19)(H,18,20). The molecule has 1 amide bonds. The minimum Gasteiger partial charge on any atom is -0.322 e. The monoisotopic (exact) mass is 262 g/mol. The molecular weight excluding hydrogens is 252 g/mol. The fraction of sp³-hybridized carbons (Fsp3) is 0. The van der Waals surface area contributed by atoms with Crippen molar-refractivity contribution >= 4 is 22.5 Å². The molecule has 0 bridgehead atoms. The van der Waals surface area contributed by atoms with Gasteiger partial charge in [0.25, 0.3) is 5.91 Å². The Kier molecular flexibility index (Phi) is 2.90. The summed E-state index contributed by atoms with van der Waals surface area (Å²) in [4.78, 5) is 12.1. The van der Waals surface area contributed by atoms with Crippen LogP contribution < -0.4 is 5.32 Å². The predicted molar refractivity (Wildman–Crippen MR) is 75.2 cm³/mol. The van der Waals surface area contributed by atoms with Crippen molar-refractivity contribution in [3.63, 3.8) is 0 Å². The van der Waals surface area contributed by atoms with E-state index in [0.717, 1.165) is 10.9 Å². The van der Waals surface area contributed by atoms with Gasteiger partial charge >= 0.3 is 0 Å². The minimum absolute atomic E-state index is 0.249. The number of fused-ring (bicyclic) bond motifs is 1. The molecule has 0 atom stereocenters. The van der Waals surface area contributed by atoms with Crippen LogP contribution in [-0.4, -0.2) is 16.1 Å². The van der Waals surface area contributed by atoms with Gasteiger partial charge in [-0.1, -0.05) is 6.07 Å². The molecule has 96 valence electrons. The van der Waals surface area contributed by atoms with Crippen molar-refractivity contribution in [3.8, 4) is 6.07 Å². The van der Waals surface area contributed by atoms with Crippen molar-refractivity contribution < 1.29 is 4.79 Å². The molecule has 3 rings (SSSR count). The zero-order valence-corrected chi connectivity index (χ0v) is 10.4. The number of carbonyl (C=O) groups is 1. The lowest BCUT2D eigenvalue weighted by Gasteiger charge is -2.05. The number of nitrogens with one attached hydrogen (secondary N) is 2. The van der Waals surface area contributed by atoms with E-state index < -0.39 is 0 Å². The maximum absolute atomic E-state index is 12.1.